The van der Waals surface area contributed by atoms with Gasteiger partial charge in [-0.2, -0.15) is 0 Å². The second-order valence-electron chi connectivity index (χ2n) is 6.23. The smallest absolute Gasteiger partial charge is 0.233 e. The van der Waals surface area contributed by atoms with Crippen LogP contribution in [0.2, 0.25) is 5.02 Å². The number of rotatable bonds is 7. The summed E-state index contributed by atoms with van der Waals surface area (Å²) in [5.74, 6) is 0.955. The zero-order valence-electron chi connectivity index (χ0n) is 14.3. The van der Waals surface area contributed by atoms with E-state index in [1.807, 2.05) is 43.3 Å². The Balaban J connectivity index is 1.56. The van der Waals surface area contributed by atoms with Crippen LogP contribution in [0, 0.1) is 0 Å². The summed E-state index contributed by atoms with van der Waals surface area (Å²) in [4.78, 5) is 15.9. The molecule has 0 aliphatic carbocycles. The lowest BCUT2D eigenvalue weighted by atomic mass is 10.2. The molecule has 0 spiro atoms. The lowest BCUT2D eigenvalue weighted by Crippen LogP contribution is -2.39. The molecule has 2 heterocycles. The standard InChI is InChI=1S/C19H23ClN2O2S/c1-14(25-16-8-6-15(20)7-9-16)19(23)21-13-17(18-5-4-12-24-18)22-10-2-3-11-22/h4-9,12,14,17H,2-3,10-11,13H2,1H3,(H,21,23)/t14-,17+/m0/s1. The van der Waals surface area contributed by atoms with Gasteiger partial charge in [0.15, 0.2) is 0 Å². The Morgan fingerprint density at radius 3 is 2.64 bits per heavy atom. The first-order valence-electron chi connectivity index (χ1n) is 8.61. The summed E-state index contributed by atoms with van der Waals surface area (Å²) in [5, 5.41) is 3.62. The molecule has 25 heavy (non-hydrogen) atoms. The van der Waals surface area contributed by atoms with Gasteiger partial charge < -0.3 is 9.73 Å². The van der Waals surface area contributed by atoms with Gasteiger partial charge in [-0.1, -0.05) is 11.6 Å². The highest BCUT2D eigenvalue weighted by atomic mass is 35.5. The number of furan rings is 1. The van der Waals surface area contributed by atoms with Crippen LogP contribution in [0.15, 0.2) is 52.0 Å². The molecule has 0 unspecified atom stereocenters. The summed E-state index contributed by atoms with van der Waals surface area (Å²) in [7, 11) is 0. The first-order chi connectivity index (χ1) is 12.1. The lowest BCUT2D eigenvalue weighted by Gasteiger charge is -2.26. The van der Waals surface area contributed by atoms with Crippen molar-refractivity contribution in [3.63, 3.8) is 0 Å². The first-order valence-corrected chi connectivity index (χ1v) is 9.86. The van der Waals surface area contributed by atoms with E-state index in [1.54, 1.807) is 6.26 Å². The maximum absolute atomic E-state index is 12.5. The molecule has 1 aliphatic heterocycles. The SMILES string of the molecule is C[C@H](Sc1ccc(Cl)cc1)C(=O)NC[C@H](c1ccco1)N1CCCC1. The van der Waals surface area contributed by atoms with Crippen LogP contribution >= 0.6 is 23.4 Å². The van der Waals surface area contributed by atoms with Crippen molar-refractivity contribution in [3.8, 4) is 0 Å². The molecular formula is C19H23ClN2O2S. The molecule has 1 N–H and O–H groups in total. The fourth-order valence-corrected chi connectivity index (χ4v) is 4.07. The van der Waals surface area contributed by atoms with Crippen LogP contribution in [0.4, 0.5) is 0 Å². The van der Waals surface area contributed by atoms with Crippen LogP contribution in [0.25, 0.3) is 0 Å². The number of nitrogens with one attached hydrogen (secondary N) is 1. The molecule has 1 saturated heterocycles. The fourth-order valence-electron chi connectivity index (χ4n) is 3.06. The molecule has 0 radical (unpaired) electrons. The molecule has 1 amide bonds. The maximum atomic E-state index is 12.5. The second-order valence-corrected chi connectivity index (χ2v) is 8.08. The monoisotopic (exact) mass is 378 g/mol. The molecule has 1 fully saturated rings. The van der Waals surface area contributed by atoms with Crippen LogP contribution in [-0.4, -0.2) is 35.7 Å². The second kappa shape index (κ2) is 8.79. The van der Waals surface area contributed by atoms with E-state index in [0.29, 0.717) is 11.6 Å². The number of carbonyl (C=O) groups is 1. The number of thioether (sulfide) groups is 1. The third-order valence-corrected chi connectivity index (χ3v) is 5.78. The van der Waals surface area contributed by atoms with E-state index in [1.165, 1.54) is 24.6 Å². The van der Waals surface area contributed by atoms with Gasteiger partial charge in [0, 0.05) is 16.5 Å². The summed E-state index contributed by atoms with van der Waals surface area (Å²) >= 11 is 7.44. The molecule has 6 heteroatoms. The number of likely N-dealkylation sites (tertiary alicyclic amines) is 1. The van der Waals surface area contributed by atoms with E-state index >= 15 is 0 Å². The zero-order chi connectivity index (χ0) is 17.6. The van der Waals surface area contributed by atoms with Crippen molar-refractivity contribution in [1.82, 2.24) is 10.2 Å². The van der Waals surface area contributed by atoms with Crippen LogP contribution in [0.5, 0.6) is 0 Å². The highest BCUT2D eigenvalue weighted by Gasteiger charge is 2.26. The van der Waals surface area contributed by atoms with Gasteiger partial charge in [0.1, 0.15) is 5.76 Å². The molecule has 4 nitrogen and oxygen atoms in total. The molecule has 1 aliphatic rings. The van der Waals surface area contributed by atoms with Crippen molar-refractivity contribution >= 4 is 29.3 Å². The predicted octanol–water partition coefficient (Wildman–Crippen LogP) is 4.37. The Labute approximate surface area is 157 Å². The summed E-state index contributed by atoms with van der Waals surface area (Å²) < 4.78 is 5.60. The third-order valence-electron chi connectivity index (χ3n) is 4.42. The van der Waals surface area contributed by atoms with Crippen molar-refractivity contribution in [2.75, 3.05) is 19.6 Å². The molecule has 134 valence electrons. The van der Waals surface area contributed by atoms with Gasteiger partial charge in [-0.05, 0) is 69.3 Å². The Hall–Kier alpha value is -1.43. The Bertz CT molecular complexity index is 669. The van der Waals surface area contributed by atoms with Gasteiger partial charge in [0.25, 0.3) is 0 Å². The number of hydrogen-bond donors (Lipinski definition) is 1. The highest BCUT2D eigenvalue weighted by molar-refractivity contribution is 8.00. The van der Waals surface area contributed by atoms with Crippen LogP contribution < -0.4 is 5.32 Å². The van der Waals surface area contributed by atoms with Crippen LogP contribution in [0.1, 0.15) is 31.6 Å². The Morgan fingerprint density at radius 2 is 2.00 bits per heavy atom. The summed E-state index contributed by atoms with van der Waals surface area (Å²) in [6.07, 6.45) is 4.10. The number of hydrogen-bond acceptors (Lipinski definition) is 4. The first kappa shape index (κ1) is 18.4. The minimum atomic E-state index is -0.169. The highest BCUT2D eigenvalue weighted by Crippen LogP contribution is 2.27. The van der Waals surface area contributed by atoms with Gasteiger partial charge >= 0.3 is 0 Å². The summed E-state index contributed by atoms with van der Waals surface area (Å²) in [6.45, 7) is 4.59. The molecule has 2 atom stereocenters. The normalized spacial score (nSPS) is 17.4. The fraction of sp³-hybridized carbons (Fsp3) is 0.421. The average molecular weight is 379 g/mol. The quantitative estimate of drug-likeness (QED) is 0.727. The Kier molecular flexibility index (Phi) is 6.45. The topological polar surface area (TPSA) is 45.5 Å². The van der Waals surface area contributed by atoms with Gasteiger partial charge in [0.05, 0.1) is 17.6 Å². The molecule has 3 rings (SSSR count). The van der Waals surface area contributed by atoms with E-state index in [-0.39, 0.29) is 17.2 Å². The number of halogens is 1. The molecule has 0 saturated carbocycles. The van der Waals surface area contributed by atoms with Crippen molar-refractivity contribution in [2.45, 2.75) is 36.0 Å². The van der Waals surface area contributed by atoms with E-state index in [0.717, 1.165) is 23.7 Å². The van der Waals surface area contributed by atoms with E-state index < -0.39 is 0 Å². The largest absolute Gasteiger partial charge is 0.468 e. The minimum absolute atomic E-state index is 0.0377. The van der Waals surface area contributed by atoms with Gasteiger partial charge in [-0.25, -0.2) is 0 Å². The Morgan fingerprint density at radius 1 is 1.28 bits per heavy atom. The van der Waals surface area contributed by atoms with Gasteiger partial charge in [-0.3, -0.25) is 9.69 Å². The molecule has 1 aromatic carbocycles. The van der Waals surface area contributed by atoms with Gasteiger partial charge in [0.2, 0.25) is 5.91 Å². The van der Waals surface area contributed by atoms with E-state index in [2.05, 4.69) is 10.2 Å². The zero-order valence-corrected chi connectivity index (χ0v) is 15.9. The van der Waals surface area contributed by atoms with E-state index in [4.69, 9.17) is 16.0 Å². The van der Waals surface area contributed by atoms with Gasteiger partial charge in [-0.15, -0.1) is 11.8 Å². The predicted molar refractivity (Wildman–Crippen MR) is 102 cm³/mol. The third kappa shape index (κ3) is 5.03. The number of amides is 1. The van der Waals surface area contributed by atoms with Crippen molar-refractivity contribution in [2.24, 2.45) is 0 Å². The average Bonchev–Trinajstić information content (AvgIpc) is 3.31. The number of nitrogens with zero attached hydrogens (tertiary/aromatic N) is 1. The van der Waals surface area contributed by atoms with Crippen LogP contribution in [0.3, 0.4) is 0 Å². The number of benzene rings is 1. The van der Waals surface area contributed by atoms with Crippen molar-refractivity contribution < 1.29 is 9.21 Å². The summed E-state index contributed by atoms with van der Waals surface area (Å²) in [6, 6.07) is 11.6. The van der Waals surface area contributed by atoms with Crippen molar-refractivity contribution in [1.29, 1.82) is 0 Å². The number of carbonyl (C=O) groups excluding carboxylic acids is 1. The summed E-state index contributed by atoms with van der Waals surface area (Å²) in [5.41, 5.74) is 0. The minimum Gasteiger partial charge on any atom is -0.468 e. The van der Waals surface area contributed by atoms with E-state index in [9.17, 15) is 4.79 Å². The molecular weight excluding hydrogens is 356 g/mol. The molecule has 0 bridgehead atoms. The van der Waals surface area contributed by atoms with Crippen molar-refractivity contribution in [3.05, 3.63) is 53.4 Å². The molecule has 2 aromatic rings. The van der Waals surface area contributed by atoms with Crippen LogP contribution in [-0.2, 0) is 4.79 Å². The lowest BCUT2D eigenvalue weighted by molar-refractivity contribution is -0.120. The molecule has 1 aromatic heterocycles. The maximum Gasteiger partial charge on any atom is 0.233 e.